The highest BCUT2D eigenvalue weighted by Crippen LogP contribution is 2.49. The van der Waals surface area contributed by atoms with Crippen molar-refractivity contribution in [3.8, 4) is 22.8 Å². The van der Waals surface area contributed by atoms with Crippen molar-refractivity contribution in [3.05, 3.63) is 76.7 Å². The molecule has 3 heterocycles. The molecule has 7 heteroatoms. The van der Waals surface area contributed by atoms with Gasteiger partial charge in [0.2, 0.25) is 5.88 Å². The van der Waals surface area contributed by atoms with Crippen LogP contribution in [-0.4, -0.2) is 40.2 Å². The van der Waals surface area contributed by atoms with Gasteiger partial charge in [-0.25, -0.2) is 9.37 Å². The van der Waals surface area contributed by atoms with Crippen LogP contribution in [0.4, 0.5) is 4.39 Å². The Morgan fingerprint density at radius 1 is 1.12 bits per heavy atom. The lowest BCUT2D eigenvalue weighted by molar-refractivity contribution is -0.142. The first kappa shape index (κ1) is 28.3. The average Bonchev–Trinajstić information content (AvgIpc) is 3.74. The van der Waals surface area contributed by atoms with Crippen molar-refractivity contribution in [2.24, 2.45) is 11.8 Å². The largest absolute Gasteiger partial charge is 0.485 e. The molecule has 43 heavy (non-hydrogen) atoms. The summed E-state index contributed by atoms with van der Waals surface area (Å²) in [6, 6.07) is 14.4. The van der Waals surface area contributed by atoms with E-state index in [-0.39, 0.29) is 17.8 Å². The molecule has 2 saturated carbocycles. The number of nitrogens with zero attached hydrogens (tertiary/aromatic N) is 2. The lowest BCUT2D eigenvalue weighted by Crippen LogP contribution is -2.48. The minimum Gasteiger partial charge on any atom is -0.485 e. The summed E-state index contributed by atoms with van der Waals surface area (Å²) in [6.45, 7) is 3.67. The van der Waals surface area contributed by atoms with Crippen molar-refractivity contribution < 1.29 is 23.8 Å². The number of aryl methyl sites for hydroxylation is 1. The Morgan fingerprint density at radius 2 is 1.93 bits per heavy atom. The van der Waals surface area contributed by atoms with Crippen LogP contribution in [0.3, 0.4) is 0 Å². The molecule has 2 aliphatic heterocycles. The molecular formula is C36H41FN2O4. The van der Waals surface area contributed by atoms with Crippen LogP contribution in [0.1, 0.15) is 92.6 Å². The maximum Gasteiger partial charge on any atom is 0.306 e. The summed E-state index contributed by atoms with van der Waals surface area (Å²) in [5.74, 6) is 0.154. The van der Waals surface area contributed by atoms with Crippen LogP contribution in [0.15, 0.2) is 48.7 Å². The summed E-state index contributed by atoms with van der Waals surface area (Å²) >= 11 is 0. The third-order valence-electron chi connectivity index (χ3n) is 10.7. The Labute approximate surface area is 253 Å². The number of pyridine rings is 1. The Morgan fingerprint density at radius 3 is 2.65 bits per heavy atom. The summed E-state index contributed by atoms with van der Waals surface area (Å²) in [6.07, 6.45) is 11.3. The van der Waals surface area contributed by atoms with E-state index < -0.39 is 11.9 Å². The van der Waals surface area contributed by atoms with Gasteiger partial charge in [0, 0.05) is 23.7 Å². The Hall–Kier alpha value is -3.45. The highest BCUT2D eigenvalue weighted by atomic mass is 19.1. The Bertz CT molecular complexity index is 1530. The van der Waals surface area contributed by atoms with Crippen molar-refractivity contribution in [1.29, 1.82) is 0 Å². The zero-order valence-electron chi connectivity index (χ0n) is 25.2. The molecule has 1 saturated heterocycles. The number of benzene rings is 2. The third-order valence-corrected chi connectivity index (χ3v) is 10.7. The van der Waals surface area contributed by atoms with Gasteiger partial charge >= 0.3 is 5.97 Å². The summed E-state index contributed by atoms with van der Waals surface area (Å²) in [5, 5.41) is 9.78. The van der Waals surface area contributed by atoms with Gasteiger partial charge in [-0.3, -0.25) is 9.69 Å². The summed E-state index contributed by atoms with van der Waals surface area (Å²) < 4.78 is 27.2. The number of carbonyl (C=O) groups is 1. The van der Waals surface area contributed by atoms with Gasteiger partial charge in [0.15, 0.2) is 0 Å². The number of halogens is 1. The molecule has 0 bridgehead atoms. The standard InChI is InChI=1S/C36H41FN2O4/c1-22(35(40)41)34(24-6-7-24)26-8-5-23-10-12-31(43-32(23)18-26)25-9-11-28(29-19-33(42-2)38-20-30(29)37)27(17-25)21-39-16-4-15-36(39)13-3-14-36/h5,8-9,11,17-20,22,24,31,34H,3-4,6-7,10,12-16,21H2,1-2H3,(H,40,41)/t22-,31-,34-/m0/s1. The van der Waals surface area contributed by atoms with Gasteiger partial charge in [0.25, 0.3) is 0 Å². The van der Waals surface area contributed by atoms with Gasteiger partial charge in [-0.1, -0.05) is 37.3 Å². The maximum absolute atomic E-state index is 15.2. The van der Waals surface area contributed by atoms with Crippen LogP contribution in [0.25, 0.3) is 11.1 Å². The van der Waals surface area contributed by atoms with Crippen molar-refractivity contribution in [3.63, 3.8) is 0 Å². The molecule has 4 aliphatic rings. The van der Waals surface area contributed by atoms with Crippen LogP contribution >= 0.6 is 0 Å². The predicted molar refractivity (Wildman–Crippen MR) is 163 cm³/mol. The second kappa shape index (κ2) is 11.2. The number of likely N-dealkylation sites (tertiary alicyclic amines) is 1. The van der Waals surface area contributed by atoms with E-state index in [9.17, 15) is 9.90 Å². The highest BCUT2D eigenvalue weighted by molar-refractivity contribution is 5.71. The van der Waals surface area contributed by atoms with Crippen molar-refractivity contribution in [2.75, 3.05) is 13.7 Å². The third kappa shape index (κ3) is 5.30. The molecule has 1 N–H and O–H groups in total. The van der Waals surface area contributed by atoms with Crippen LogP contribution < -0.4 is 9.47 Å². The Kier molecular flexibility index (Phi) is 7.40. The van der Waals surface area contributed by atoms with E-state index >= 15 is 4.39 Å². The first-order chi connectivity index (χ1) is 20.8. The molecule has 2 aliphatic carbocycles. The zero-order chi connectivity index (χ0) is 29.7. The van der Waals surface area contributed by atoms with Gasteiger partial charge in [0.1, 0.15) is 17.7 Å². The summed E-state index contributed by atoms with van der Waals surface area (Å²) in [5.41, 5.74) is 6.11. The van der Waals surface area contributed by atoms with Gasteiger partial charge in [0.05, 0.1) is 19.2 Å². The summed E-state index contributed by atoms with van der Waals surface area (Å²) in [4.78, 5) is 18.6. The second-order valence-corrected chi connectivity index (χ2v) is 13.2. The Balaban J connectivity index is 1.21. The fourth-order valence-electron chi connectivity index (χ4n) is 7.95. The van der Waals surface area contributed by atoms with E-state index in [1.165, 1.54) is 43.9 Å². The summed E-state index contributed by atoms with van der Waals surface area (Å²) in [7, 11) is 1.55. The molecule has 3 atom stereocenters. The number of aromatic nitrogens is 1. The molecular weight excluding hydrogens is 543 g/mol. The second-order valence-electron chi connectivity index (χ2n) is 13.2. The van der Waals surface area contributed by atoms with E-state index in [2.05, 4.69) is 40.2 Å². The van der Waals surface area contributed by atoms with Gasteiger partial charge in [-0.05, 0) is 110 Å². The molecule has 1 aromatic heterocycles. The minimum atomic E-state index is -0.744. The average molecular weight is 585 g/mol. The molecule has 1 spiro atoms. The number of rotatable bonds is 9. The number of hydrogen-bond acceptors (Lipinski definition) is 5. The van der Waals surface area contributed by atoms with E-state index in [1.54, 1.807) is 13.2 Å². The number of carboxylic acid groups (broad SMARTS) is 1. The lowest BCUT2D eigenvalue weighted by Gasteiger charge is -2.46. The number of aliphatic carboxylic acids is 1. The van der Waals surface area contributed by atoms with Crippen LogP contribution in [0, 0.1) is 17.7 Å². The molecule has 6 nitrogen and oxygen atoms in total. The molecule has 0 unspecified atom stereocenters. The highest BCUT2D eigenvalue weighted by Gasteiger charge is 2.45. The number of hydrogen-bond donors (Lipinski definition) is 1. The molecule has 7 rings (SSSR count). The zero-order valence-corrected chi connectivity index (χ0v) is 25.2. The van der Waals surface area contributed by atoms with Crippen LogP contribution in [0.5, 0.6) is 11.6 Å². The van der Waals surface area contributed by atoms with Crippen LogP contribution in [0.2, 0.25) is 0 Å². The topological polar surface area (TPSA) is 71.9 Å². The quantitative estimate of drug-likeness (QED) is 0.278. The van der Waals surface area contributed by atoms with E-state index in [4.69, 9.17) is 9.47 Å². The van der Waals surface area contributed by atoms with E-state index in [0.717, 1.165) is 66.8 Å². The molecule has 226 valence electrons. The van der Waals surface area contributed by atoms with E-state index in [1.807, 2.05) is 13.0 Å². The number of methoxy groups -OCH3 is 1. The van der Waals surface area contributed by atoms with Crippen LogP contribution in [-0.2, 0) is 17.8 Å². The fourth-order valence-corrected chi connectivity index (χ4v) is 7.95. The first-order valence-electron chi connectivity index (χ1n) is 16.0. The maximum atomic E-state index is 15.2. The first-order valence-corrected chi connectivity index (χ1v) is 16.0. The number of carboxylic acids is 1. The van der Waals surface area contributed by atoms with Gasteiger partial charge in [-0.15, -0.1) is 0 Å². The van der Waals surface area contributed by atoms with E-state index in [0.29, 0.717) is 22.9 Å². The van der Waals surface area contributed by atoms with Crippen molar-refractivity contribution >= 4 is 5.97 Å². The smallest absolute Gasteiger partial charge is 0.306 e. The minimum absolute atomic E-state index is 0.00389. The van der Waals surface area contributed by atoms with Crippen molar-refractivity contribution in [2.45, 2.75) is 88.8 Å². The molecule has 0 radical (unpaired) electrons. The molecule has 2 aromatic carbocycles. The molecule has 3 fully saturated rings. The lowest BCUT2D eigenvalue weighted by atomic mass is 9.74. The fraction of sp³-hybridized carbons (Fsp3) is 0.500. The monoisotopic (exact) mass is 584 g/mol. The SMILES string of the molecule is COc1cc(-c2ccc([C@@H]3CCc4ccc([C@H](C5CC5)[C@H](C)C(=O)O)cc4O3)cc2CN2CCCC23CCC3)c(F)cn1. The normalized spacial score (nSPS) is 22.3. The van der Waals surface area contributed by atoms with Gasteiger partial charge in [-0.2, -0.15) is 0 Å². The molecule has 0 amide bonds. The predicted octanol–water partition coefficient (Wildman–Crippen LogP) is 7.70. The number of ether oxygens (including phenoxy) is 2. The van der Waals surface area contributed by atoms with Gasteiger partial charge < -0.3 is 14.6 Å². The molecule has 3 aromatic rings. The van der Waals surface area contributed by atoms with Crippen molar-refractivity contribution in [1.82, 2.24) is 9.88 Å². The number of fused-ring (bicyclic) bond motifs is 1.